The highest BCUT2D eigenvalue weighted by atomic mass is 16.5. The lowest BCUT2D eigenvalue weighted by Crippen LogP contribution is -2.26. The average Bonchev–Trinajstić information content (AvgIpc) is 3.72. The van der Waals surface area contributed by atoms with Crippen molar-refractivity contribution in [3.8, 4) is 0 Å². The Morgan fingerprint density at radius 1 is 0.625 bits per heavy atom. The summed E-state index contributed by atoms with van der Waals surface area (Å²) in [6.07, 6.45) is 17.4. The molecule has 5 saturated carbocycles. The minimum absolute atomic E-state index is 0.434. The Hall–Kier alpha value is -0.0400. The summed E-state index contributed by atoms with van der Waals surface area (Å²) in [6.45, 7) is 47.2. The van der Waals surface area contributed by atoms with Gasteiger partial charge in [0.25, 0.3) is 0 Å². The fraction of sp³-hybridized carbons (Fsp3) is 1.00. The maximum absolute atomic E-state index is 5.20. The fourth-order valence-corrected chi connectivity index (χ4v) is 6.28. The van der Waals surface area contributed by atoms with Gasteiger partial charge in [0.1, 0.15) is 0 Å². The molecule has 5 aliphatic rings. The van der Waals surface area contributed by atoms with Crippen LogP contribution in [0.4, 0.5) is 0 Å². The van der Waals surface area contributed by atoms with E-state index in [0.29, 0.717) is 21.7 Å². The number of methoxy groups -OCH3 is 1. The van der Waals surface area contributed by atoms with Gasteiger partial charge in [0.2, 0.25) is 0 Å². The van der Waals surface area contributed by atoms with Crippen LogP contribution in [0.15, 0.2) is 0 Å². The van der Waals surface area contributed by atoms with Gasteiger partial charge in [-0.15, -0.1) is 0 Å². The standard InChI is InChI=1S/C9H18O.C9H18.C8H16.2C7H14.C7H16/c1-8(2,3)9(5-6-9)7-10-4;1-5-9(6-7-9)8(2,3)4;1-6(2)7(3)8-4-5-8;1-6(2)7(3)4-5-7;1-6(2)5-7-3-4-7;1-6(2)7(3,4)5/h5-7H2,1-4H3;5-7H2,1-4H3;6-8H,4-5H2,1-3H3;6H,4-5H2,1-3H3;6-7H,3-5H2,1-2H3;6H,1-5H3. The van der Waals surface area contributed by atoms with Crippen LogP contribution >= 0.6 is 0 Å². The van der Waals surface area contributed by atoms with E-state index in [9.17, 15) is 0 Å². The van der Waals surface area contributed by atoms with Crippen molar-refractivity contribution in [2.24, 2.45) is 73.9 Å². The summed E-state index contributed by atoms with van der Waals surface area (Å²) in [5.74, 6) is 6.75. The van der Waals surface area contributed by atoms with Crippen LogP contribution in [-0.4, -0.2) is 13.7 Å². The van der Waals surface area contributed by atoms with E-state index in [0.717, 1.165) is 58.9 Å². The van der Waals surface area contributed by atoms with Crippen LogP contribution < -0.4 is 0 Å². The Labute approximate surface area is 307 Å². The third-order valence-electron chi connectivity index (χ3n) is 14.1. The largest absolute Gasteiger partial charge is 0.384 e. The van der Waals surface area contributed by atoms with Crippen LogP contribution in [0.25, 0.3) is 0 Å². The third kappa shape index (κ3) is 19.0. The van der Waals surface area contributed by atoms with Gasteiger partial charge in [0.15, 0.2) is 0 Å². The van der Waals surface area contributed by atoms with E-state index >= 15 is 0 Å². The van der Waals surface area contributed by atoms with Crippen molar-refractivity contribution in [1.82, 2.24) is 0 Å². The van der Waals surface area contributed by atoms with Gasteiger partial charge in [-0.25, -0.2) is 0 Å². The van der Waals surface area contributed by atoms with E-state index in [1.165, 1.54) is 77.0 Å². The van der Waals surface area contributed by atoms with Crippen molar-refractivity contribution in [2.75, 3.05) is 13.7 Å². The van der Waals surface area contributed by atoms with Crippen molar-refractivity contribution < 1.29 is 4.74 Å². The summed E-state index contributed by atoms with van der Waals surface area (Å²) in [5, 5.41) is 0. The Balaban J connectivity index is 0.000000555. The molecule has 290 valence electrons. The van der Waals surface area contributed by atoms with Crippen LogP contribution in [0.3, 0.4) is 0 Å². The smallest absolute Gasteiger partial charge is 0.0523 e. The first kappa shape index (κ1) is 48.0. The molecule has 0 saturated heterocycles. The third-order valence-corrected chi connectivity index (χ3v) is 14.1. The molecule has 5 fully saturated rings. The van der Waals surface area contributed by atoms with E-state index in [4.69, 9.17) is 4.74 Å². The maximum Gasteiger partial charge on any atom is 0.0523 e. The topological polar surface area (TPSA) is 9.23 Å². The zero-order valence-electron chi connectivity index (χ0n) is 37.6. The molecule has 0 radical (unpaired) electrons. The van der Waals surface area contributed by atoms with Gasteiger partial charge in [0, 0.05) is 7.11 Å². The monoisotopic (exact) mass is 677 g/mol. The van der Waals surface area contributed by atoms with Crippen LogP contribution in [0.5, 0.6) is 0 Å². The molecule has 1 atom stereocenters. The van der Waals surface area contributed by atoms with Crippen molar-refractivity contribution >= 4 is 0 Å². The lowest BCUT2D eigenvalue weighted by atomic mass is 9.76. The highest BCUT2D eigenvalue weighted by molar-refractivity contribution is 5.01. The zero-order valence-corrected chi connectivity index (χ0v) is 37.6. The molecule has 0 heterocycles. The fourth-order valence-electron chi connectivity index (χ4n) is 6.28. The molecule has 0 aromatic heterocycles. The quantitative estimate of drug-likeness (QED) is 0.249. The predicted octanol–water partition coefficient (Wildman–Crippen LogP) is 15.9. The highest BCUT2D eigenvalue weighted by Gasteiger charge is 2.51. The molecule has 1 nitrogen and oxygen atoms in total. The molecule has 0 N–H and O–H groups in total. The molecule has 0 bridgehead atoms. The second-order valence-corrected chi connectivity index (χ2v) is 22.2. The van der Waals surface area contributed by atoms with Gasteiger partial charge in [0.05, 0.1) is 6.61 Å². The lowest BCUT2D eigenvalue weighted by Gasteiger charge is -2.29. The number of hydrogen-bond donors (Lipinski definition) is 0. The molecule has 0 aromatic rings. The first-order chi connectivity index (χ1) is 21.6. The SMILES string of the molecule is CC(C)C(C)(C)C.CC(C)C(C)C1CC1.CC(C)C1(C)CC1.CC(C)CC1CC1.CCC1(C(C)(C)C)CC1.COCC1(C(C)(C)C)CC1. The second-order valence-electron chi connectivity index (χ2n) is 22.2. The molecule has 48 heavy (non-hydrogen) atoms. The number of ether oxygens (including phenoxy) is 1. The van der Waals surface area contributed by atoms with Crippen LogP contribution in [0.2, 0.25) is 0 Å². The Morgan fingerprint density at radius 3 is 1.08 bits per heavy atom. The van der Waals surface area contributed by atoms with E-state index in [1.54, 1.807) is 7.11 Å². The predicted molar refractivity (Wildman–Crippen MR) is 220 cm³/mol. The van der Waals surface area contributed by atoms with Crippen LogP contribution in [-0.2, 0) is 4.74 Å². The summed E-state index contributed by atoms with van der Waals surface area (Å²) < 4.78 is 5.20. The Kier molecular flexibility index (Phi) is 19.7. The molecule has 1 unspecified atom stereocenters. The summed E-state index contributed by atoms with van der Waals surface area (Å²) in [7, 11) is 1.80. The molecule has 5 aliphatic carbocycles. The van der Waals surface area contributed by atoms with Crippen LogP contribution in [0.1, 0.15) is 216 Å². The van der Waals surface area contributed by atoms with E-state index in [-0.39, 0.29) is 0 Å². The molecule has 1 heteroatoms. The Morgan fingerprint density at radius 2 is 1.02 bits per heavy atom. The number of hydrogen-bond acceptors (Lipinski definition) is 1. The Bertz CT molecular complexity index is 807. The molecular weight excluding hydrogens is 581 g/mol. The average molecular weight is 677 g/mol. The van der Waals surface area contributed by atoms with Gasteiger partial charge in [-0.1, -0.05) is 151 Å². The molecule has 0 spiro atoms. The van der Waals surface area contributed by atoms with Gasteiger partial charge in [-0.2, -0.15) is 0 Å². The van der Waals surface area contributed by atoms with Gasteiger partial charge in [-0.05, 0) is 138 Å². The van der Waals surface area contributed by atoms with Crippen molar-refractivity contribution in [3.05, 3.63) is 0 Å². The van der Waals surface area contributed by atoms with Gasteiger partial charge in [-0.3, -0.25) is 0 Å². The maximum atomic E-state index is 5.20. The first-order valence-corrected chi connectivity index (χ1v) is 21.1. The van der Waals surface area contributed by atoms with Crippen molar-refractivity contribution in [1.29, 1.82) is 0 Å². The molecule has 0 amide bonds. The molecule has 5 rings (SSSR count). The summed E-state index contributed by atoms with van der Waals surface area (Å²) >= 11 is 0. The molecular formula is C47H96O. The van der Waals surface area contributed by atoms with Gasteiger partial charge >= 0.3 is 0 Å². The van der Waals surface area contributed by atoms with Crippen molar-refractivity contribution in [2.45, 2.75) is 216 Å². The van der Waals surface area contributed by atoms with E-state index in [1.807, 2.05) is 0 Å². The lowest BCUT2D eigenvalue weighted by molar-refractivity contribution is 0.0724. The van der Waals surface area contributed by atoms with Crippen LogP contribution in [0, 0.1) is 73.9 Å². The zero-order chi connectivity index (χ0) is 37.9. The molecule has 0 aliphatic heterocycles. The minimum atomic E-state index is 0.434. The van der Waals surface area contributed by atoms with E-state index in [2.05, 4.69) is 138 Å². The van der Waals surface area contributed by atoms with E-state index < -0.39 is 0 Å². The minimum Gasteiger partial charge on any atom is -0.384 e. The van der Waals surface area contributed by atoms with Gasteiger partial charge < -0.3 is 4.74 Å². The summed E-state index contributed by atoms with van der Waals surface area (Å²) in [6, 6.07) is 0. The summed E-state index contributed by atoms with van der Waals surface area (Å²) in [4.78, 5) is 0. The first-order valence-electron chi connectivity index (χ1n) is 21.1. The van der Waals surface area contributed by atoms with Crippen molar-refractivity contribution in [3.63, 3.8) is 0 Å². The number of rotatable bonds is 8. The molecule has 0 aromatic carbocycles. The normalized spacial score (nSPS) is 21.9. The highest BCUT2D eigenvalue weighted by Crippen LogP contribution is 2.60. The summed E-state index contributed by atoms with van der Waals surface area (Å²) in [5.41, 5.74) is 3.49. The second kappa shape index (κ2) is 19.7.